The molecule has 0 saturated carbocycles. The van der Waals surface area contributed by atoms with Gasteiger partial charge in [0.2, 0.25) is 0 Å². The van der Waals surface area contributed by atoms with Crippen LogP contribution >= 0.6 is 31.9 Å². The van der Waals surface area contributed by atoms with Crippen LogP contribution in [0.25, 0.3) is 0 Å². The highest BCUT2D eigenvalue weighted by molar-refractivity contribution is 9.25. The lowest BCUT2D eigenvalue weighted by Gasteiger charge is -2.28. The van der Waals surface area contributed by atoms with Crippen molar-refractivity contribution in [1.29, 1.82) is 0 Å². The zero-order valence-electron chi connectivity index (χ0n) is 10.9. The summed E-state index contributed by atoms with van der Waals surface area (Å²) in [5, 5.41) is 2.76. The number of ether oxygens (including phenoxy) is 1. The maximum atomic E-state index is 11.5. The van der Waals surface area contributed by atoms with Crippen molar-refractivity contribution < 1.29 is 9.53 Å². The quantitative estimate of drug-likeness (QED) is 0.747. The topological polar surface area (TPSA) is 38.3 Å². The third kappa shape index (κ3) is 5.57. The van der Waals surface area contributed by atoms with Gasteiger partial charge in [-0.1, -0.05) is 56.2 Å². The van der Waals surface area contributed by atoms with Crippen molar-refractivity contribution in [2.75, 3.05) is 6.54 Å². The van der Waals surface area contributed by atoms with Gasteiger partial charge < -0.3 is 10.1 Å². The summed E-state index contributed by atoms with van der Waals surface area (Å²) in [7, 11) is 0. The normalized spacial score (nSPS) is 21.7. The highest BCUT2D eigenvalue weighted by Gasteiger charge is 2.30. The number of amides is 1. The highest BCUT2D eigenvalue weighted by Crippen LogP contribution is 2.40. The molecule has 18 heavy (non-hydrogen) atoms. The molecule has 0 heterocycles. The van der Waals surface area contributed by atoms with Gasteiger partial charge in [-0.15, -0.1) is 0 Å². The molecule has 0 radical (unpaired) electrons. The fourth-order valence-corrected chi connectivity index (χ4v) is 2.63. The number of alkyl carbamates (subject to hydrolysis) is 1. The molecule has 1 unspecified atom stereocenters. The summed E-state index contributed by atoms with van der Waals surface area (Å²) < 4.78 is 4.96. The number of halogens is 2. The maximum Gasteiger partial charge on any atom is 0.407 e. The van der Waals surface area contributed by atoms with Crippen molar-refractivity contribution >= 4 is 38.0 Å². The standard InChI is InChI=1S/C13H19Br2NO2/c1-12(2,3)18-11(17)16-9-7-10-6-4-5-8-13(10,14)15/h4-6,8,10H,7,9H2,1-3H3,(H,16,17). The Hall–Kier alpha value is -0.290. The number of alkyl halides is 2. The number of carbonyl (C=O) groups excluding carboxylic acids is 1. The lowest BCUT2D eigenvalue weighted by Crippen LogP contribution is -2.34. The second-order valence-electron chi connectivity index (χ2n) is 5.24. The minimum absolute atomic E-state index is 0.218. The summed E-state index contributed by atoms with van der Waals surface area (Å²) in [6.07, 6.45) is 8.62. The van der Waals surface area contributed by atoms with Crippen molar-refractivity contribution in [1.82, 2.24) is 5.32 Å². The van der Waals surface area contributed by atoms with E-state index in [4.69, 9.17) is 4.74 Å². The number of carbonyl (C=O) groups is 1. The Kier molecular flexibility index (Phi) is 5.46. The summed E-state index contributed by atoms with van der Waals surface area (Å²) in [6, 6.07) is 0. The number of rotatable bonds is 3. The SMILES string of the molecule is CC(C)(C)OC(=O)NCCC1C=CC=CC1(Br)Br. The van der Waals surface area contributed by atoms with Crippen LogP contribution in [0.5, 0.6) is 0 Å². The maximum absolute atomic E-state index is 11.5. The first-order valence-corrected chi connectivity index (χ1v) is 7.50. The highest BCUT2D eigenvalue weighted by atomic mass is 79.9. The van der Waals surface area contributed by atoms with Crippen molar-refractivity contribution in [3.63, 3.8) is 0 Å². The Balaban J connectivity index is 2.32. The zero-order chi connectivity index (χ0) is 13.8. The molecular formula is C13H19Br2NO2. The second-order valence-corrected chi connectivity index (χ2v) is 8.93. The summed E-state index contributed by atoms with van der Waals surface area (Å²) in [5.41, 5.74) is -0.452. The van der Waals surface area contributed by atoms with Crippen LogP contribution in [0.15, 0.2) is 24.3 Å². The molecule has 0 aromatic rings. The molecule has 102 valence electrons. The Labute approximate surface area is 125 Å². The fourth-order valence-electron chi connectivity index (χ4n) is 1.57. The lowest BCUT2D eigenvalue weighted by atomic mass is 9.97. The van der Waals surface area contributed by atoms with Gasteiger partial charge in [0.25, 0.3) is 0 Å². The molecule has 1 N–H and O–H groups in total. The molecule has 0 saturated heterocycles. The van der Waals surface area contributed by atoms with E-state index < -0.39 is 5.60 Å². The van der Waals surface area contributed by atoms with Crippen LogP contribution in [0, 0.1) is 5.92 Å². The van der Waals surface area contributed by atoms with E-state index >= 15 is 0 Å². The fraction of sp³-hybridized carbons (Fsp3) is 0.615. The molecule has 0 fully saturated rings. The van der Waals surface area contributed by atoms with Crippen molar-refractivity contribution in [2.24, 2.45) is 5.92 Å². The third-order valence-electron chi connectivity index (χ3n) is 2.39. The smallest absolute Gasteiger partial charge is 0.407 e. The molecule has 0 aliphatic heterocycles. The molecule has 3 nitrogen and oxygen atoms in total. The van der Waals surface area contributed by atoms with Gasteiger partial charge in [0.1, 0.15) is 8.83 Å². The van der Waals surface area contributed by atoms with E-state index in [-0.39, 0.29) is 15.2 Å². The van der Waals surface area contributed by atoms with Gasteiger partial charge in [-0.3, -0.25) is 0 Å². The van der Waals surface area contributed by atoms with Gasteiger partial charge in [0.05, 0.1) is 0 Å². The lowest BCUT2D eigenvalue weighted by molar-refractivity contribution is 0.0526. The second kappa shape index (κ2) is 6.24. The molecular weight excluding hydrogens is 362 g/mol. The van der Waals surface area contributed by atoms with E-state index in [1.165, 1.54) is 0 Å². The molecule has 0 bridgehead atoms. The number of nitrogens with one attached hydrogen (secondary N) is 1. The Morgan fingerprint density at radius 1 is 1.39 bits per heavy atom. The molecule has 0 aromatic carbocycles. The van der Waals surface area contributed by atoms with Crippen LogP contribution in [0.1, 0.15) is 27.2 Å². The number of allylic oxidation sites excluding steroid dienone is 4. The molecule has 0 aromatic heterocycles. The molecule has 1 rings (SSSR count). The van der Waals surface area contributed by atoms with Gasteiger partial charge in [0.15, 0.2) is 0 Å². The minimum atomic E-state index is -0.452. The van der Waals surface area contributed by atoms with Crippen LogP contribution in [-0.2, 0) is 4.74 Å². The van der Waals surface area contributed by atoms with Crippen LogP contribution < -0.4 is 5.32 Å². The van der Waals surface area contributed by atoms with Crippen LogP contribution in [0.3, 0.4) is 0 Å². The Morgan fingerprint density at radius 2 is 2.06 bits per heavy atom. The van der Waals surface area contributed by atoms with E-state index in [1.807, 2.05) is 39.0 Å². The summed E-state index contributed by atoms with van der Waals surface area (Å²) in [5.74, 6) is 0.289. The zero-order valence-corrected chi connectivity index (χ0v) is 14.0. The van der Waals surface area contributed by atoms with E-state index in [9.17, 15) is 4.79 Å². The Bertz CT molecular complexity index is 356. The Morgan fingerprint density at radius 3 is 2.61 bits per heavy atom. The van der Waals surface area contributed by atoms with Gasteiger partial charge >= 0.3 is 6.09 Å². The van der Waals surface area contributed by atoms with Gasteiger partial charge in [0, 0.05) is 12.5 Å². The molecule has 1 amide bonds. The molecule has 5 heteroatoms. The minimum Gasteiger partial charge on any atom is -0.444 e. The van der Waals surface area contributed by atoms with Crippen LogP contribution in [0.4, 0.5) is 4.79 Å². The average Bonchev–Trinajstić information content (AvgIpc) is 2.17. The monoisotopic (exact) mass is 379 g/mol. The van der Waals surface area contributed by atoms with Gasteiger partial charge in [-0.05, 0) is 27.2 Å². The third-order valence-corrected chi connectivity index (χ3v) is 4.10. The first-order chi connectivity index (χ1) is 8.21. The van der Waals surface area contributed by atoms with E-state index in [2.05, 4.69) is 43.3 Å². The van der Waals surface area contributed by atoms with Crippen molar-refractivity contribution in [3.8, 4) is 0 Å². The first kappa shape index (κ1) is 15.8. The first-order valence-electron chi connectivity index (χ1n) is 5.91. The molecule has 0 spiro atoms. The summed E-state index contributed by atoms with van der Waals surface area (Å²) >= 11 is 7.22. The molecule has 1 atom stereocenters. The molecule has 1 aliphatic carbocycles. The predicted molar refractivity (Wildman–Crippen MR) is 81.2 cm³/mol. The van der Waals surface area contributed by atoms with Crippen LogP contribution in [0.2, 0.25) is 0 Å². The largest absolute Gasteiger partial charge is 0.444 e. The number of hydrogen-bond donors (Lipinski definition) is 1. The van der Waals surface area contributed by atoms with Gasteiger partial charge in [-0.25, -0.2) is 4.79 Å². The van der Waals surface area contributed by atoms with Crippen molar-refractivity contribution in [3.05, 3.63) is 24.3 Å². The summed E-state index contributed by atoms with van der Waals surface area (Å²) in [6.45, 7) is 6.13. The van der Waals surface area contributed by atoms with E-state index in [1.54, 1.807) is 0 Å². The van der Waals surface area contributed by atoms with Crippen LogP contribution in [-0.4, -0.2) is 21.5 Å². The van der Waals surface area contributed by atoms with Crippen molar-refractivity contribution in [2.45, 2.75) is 36.0 Å². The van der Waals surface area contributed by atoms with Gasteiger partial charge in [-0.2, -0.15) is 0 Å². The van der Waals surface area contributed by atoms with E-state index in [0.717, 1.165) is 6.42 Å². The predicted octanol–water partition coefficient (Wildman–Crippen LogP) is 4.13. The number of hydrogen-bond acceptors (Lipinski definition) is 2. The summed E-state index contributed by atoms with van der Waals surface area (Å²) in [4.78, 5) is 11.5. The van der Waals surface area contributed by atoms with E-state index in [0.29, 0.717) is 6.54 Å². The average molecular weight is 381 g/mol. The molecule has 1 aliphatic rings.